The van der Waals surface area contributed by atoms with Crippen molar-refractivity contribution in [2.45, 2.75) is 70.2 Å². The molecular formula is C53H58N10O4S. The number of pyridine rings is 2. The van der Waals surface area contributed by atoms with Crippen molar-refractivity contribution < 1.29 is 13.2 Å². The summed E-state index contributed by atoms with van der Waals surface area (Å²) in [4.78, 5) is 28.8. The van der Waals surface area contributed by atoms with Gasteiger partial charge in [-0.05, 0) is 123 Å². The minimum absolute atomic E-state index is 0.0757. The van der Waals surface area contributed by atoms with Gasteiger partial charge in [0.1, 0.15) is 18.2 Å². The summed E-state index contributed by atoms with van der Waals surface area (Å²) in [5.41, 5.74) is 14.6. The fraction of sp³-hybridized carbons (Fsp3) is 0.302. The number of rotatable bonds is 13. The third kappa shape index (κ3) is 10.6. The first-order valence-electron chi connectivity index (χ1n) is 23.2. The molecule has 0 unspecified atom stereocenters. The lowest BCUT2D eigenvalue weighted by Crippen LogP contribution is -2.43. The van der Waals surface area contributed by atoms with Crippen LogP contribution in [0.4, 0.5) is 23.1 Å². The number of H-pyrrole nitrogens is 1. The van der Waals surface area contributed by atoms with Gasteiger partial charge in [-0.1, -0.05) is 81.4 Å². The average Bonchev–Trinajstić information content (AvgIpc) is 3.99. The van der Waals surface area contributed by atoms with Crippen molar-refractivity contribution in [3.05, 3.63) is 149 Å². The smallest absolute Gasteiger partial charge is 0.347 e. The highest BCUT2D eigenvalue weighted by atomic mass is 32.2. The van der Waals surface area contributed by atoms with Crippen molar-refractivity contribution in [1.82, 2.24) is 34.4 Å². The Labute approximate surface area is 397 Å². The van der Waals surface area contributed by atoms with E-state index in [2.05, 4.69) is 78.2 Å². The van der Waals surface area contributed by atoms with Crippen LogP contribution in [-0.2, 0) is 15.4 Å². The molecule has 1 saturated heterocycles. The molecule has 0 spiro atoms. The van der Waals surface area contributed by atoms with Crippen LogP contribution in [0.5, 0.6) is 5.75 Å². The highest BCUT2D eigenvalue weighted by Crippen LogP contribution is 2.40. The Morgan fingerprint density at radius 3 is 2.28 bits per heavy atom. The number of aromatic amines is 1. The van der Waals surface area contributed by atoms with Crippen LogP contribution in [0.3, 0.4) is 0 Å². The molecule has 14 nitrogen and oxygen atoms in total. The van der Waals surface area contributed by atoms with Gasteiger partial charge in [-0.2, -0.15) is 10.1 Å². The van der Waals surface area contributed by atoms with E-state index < -0.39 is 9.84 Å². The molecule has 0 amide bonds. The number of benzene rings is 4. The lowest BCUT2D eigenvalue weighted by Gasteiger charge is -2.38. The monoisotopic (exact) mass is 930 g/mol. The van der Waals surface area contributed by atoms with E-state index in [0.717, 1.165) is 69.7 Å². The van der Waals surface area contributed by atoms with Gasteiger partial charge >= 0.3 is 5.69 Å². The number of nitrogens with zero attached hydrogens (tertiary/aromatic N) is 6. The first-order valence-corrected chi connectivity index (χ1v) is 24.9. The van der Waals surface area contributed by atoms with E-state index in [0.29, 0.717) is 34.6 Å². The summed E-state index contributed by atoms with van der Waals surface area (Å²) >= 11 is 0. The molecule has 15 heteroatoms. The molecule has 2 aliphatic rings. The number of hydrogen-bond donors (Lipinski definition) is 4. The lowest BCUT2D eigenvalue weighted by atomic mass is 9.72. The largest absolute Gasteiger partial charge is 0.492 e. The van der Waals surface area contributed by atoms with E-state index in [1.54, 1.807) is 30.6 Å². The maximum absolute atomic E-state index is 12.8. The van der Waals surface area contributed by atoms with Crippen LogP contribution < -0.4 is 26.8 Å². The summed E-state index contributed by atoms with van der Waals surface area (Å²) in [6.07, 6.45) is 9.26. The molecule has 5 heterocycles. The summed E-state index contributed by atoms with van der Waals surface area (Å²) < 4.78 is 33.1. The molecule has 5 N–H and O–H groups in total. The molecular weight excluding hydrogens is 873 g/mol. The molecule has 0 bridgehead atoms. The minimum atomic E-state index is -3.40. The predicted molar refractivity (Wildman–Crippen MR) is 271 cm³/mol. The zero-order chi connectivity index (χ0) is 47.5. The van der Waals surface area contributed by atoms with Crippen LogP contribution in [-0.4, -0.2) is 74.9 Å². The second kappa shape index (κ2) is 19.3. The zero-order valence-corrected chi connectivity index (χ0v) is 39.8. The maximum Gasteiger partial charge on any atom is 0.347 e. The highest BCUT2D eigenvalue weighted by Gasteiger charge is 2.34. The molecule has 4 aromatic carbocycles. The Kier molecular flexibility index (Phi) is 13.1. The van der Waals surface area contributed by atoms with Gasteiger partial charge in [0, 0.05) is 57.9 Å². The Hall–Kier alpha value is -6.94. The van der Waals surface area contributed by atoms with E-state index in [-0.39, 0.29) is 22.4 Å². The predicted octanol–water partition coefficient (Wildman–Crippen LogP) is 9.81. The van der Waals surface area contributed by atoms with Crippen molar-refractivity contribution in [2.75, 3.05) is 42.6 Å². The number of aryl methyl sites for hydroxylation is 1. The summed E-state index contributed by atoms with van der Waals surface area (Å²) in [6, 6.07) is 37.2. The number of likely N-dealkylation sites (tertiary alicyclic amines) is 1. The van der Waals surface area contributed by atoms with Gasteiger partial charge in [0.25, 0.3) is 0 Å². The molecule has 1 aliphatic heterocycles. The van der Waals surface area contributed by atoms with Crippen LogP contribution in [0, 0.1) is 12.3 Å². The highest BCUT2D eigenvalue weighted by molar-refractivity contribution is 7.91. The van der Waals surface area contributed by atoms with E-state index in [1.807, 2.05) is 82.3 Å². The quantitative estimate of drug-likeness (QED) is 0.0859. The number of aromatic nitrogens is 6. The number of sulfone groups is 1. The summed E-state index contributed by atoms with van der Waals surface area (Å²) in [6.45, 7) is 11.6. The second-order valence-electron chi connectivity index (χ2n) is 19.1. The summed E-state index contributed by atoms with van der Waals surface area (Å²) in [5.74, 6) is 1.95. The van der Waals surface area contributed by atoms with E-state index >= 15 is 0 Å². The number of hydrogen-bond acceptors (Lipinski definition) is 12. The number of nitrogens with two attached hydrogens (primary N) is 1. The molecule has 8 aromatic rings. The topological polar surface area (TPSA) is 186 Å². The molecule has 0 radical (unpaired) electrons. The molecule has 10 rings (SSSR count). The van der Waals surface area contributed by atoms with Gasteiger partial charge in [-0.15, -0.1) is 0 Å². The van der Waals surface area contributed by atoms with Gasteiger partial charge in [0.15, 0.2) is 15.5 Å². The van der Waals surface area contributed by atoms with Gasteiger partial charge in [0.2, 0.25) is 5.95 Å². The van der Waals surface area contributed by atoms with Crippen LogP contribution in [0.15, 0.2) is 137 Å². The van der Waals surface area contributed by atoms with Crippen molar-refractivity contribution >= 4 is 49.5 Å². The van der Waals surface area contributed by atoms with Crippen LogP contribution >= 0.6 is 0 Å². The van der Waals surface area contributed by atoms with Gasteiger partial charge in [0.05, 0.1) is 21.9 Å². The molecule has 68 heavy (non-hydrogen) atoms. The number of nitrogens with one attached hydrogen (secondary N) is 3. The van der Waals surface area contributed by atoms with Gasteiger partial charge < -0.3 is 21.1 Å². The van der Waals surface area contributed by atoms with Crippen molar-refractivity contribution in [3.63, 3.8) is 0 Å². The third-order valence-electron chi connectivity index (χ3n) is 12.5. The summed E-state index contributed by atoms with van der Waals surface area (Å²) in [5, 5.41) is 14.0. The number of ether oxygens (including phenoxy) is 1. The van der Waals surface area contributed by atoms with Gasteiger partial charge in [-0.3, -0.25) is 4.90 Å². The lowest BCUT2D eigenvalue weighted by molar-refractivity contribution is 0.238. The molecule has 1 saturated carbocycles. The summed E-state index contributed by atoms with van der Waals surface area (Å²) in [7, 11) is -3.40. The molecule has 4 aromatic heterocycles. The Morgan fingerprint density at radius 1 is 0.824 bits per heavy atom. The molecule has 2 fully saturated rings. The average molecular weight is 931 g/mol. The fourth-order valence-corrected chi connectivity index (χ4v) is 10.6. The maximum atomic E-state index is 12.8. The van der Waals surface area contributed by atoms with Gasteiger partial charge in [-0.25, -0.2) is 32.7 Å². The van der Waals surface area contributed by atoms with Crippen molar-refractivity contribution in [3.8, 4) is 28.1 Å². The molecule has 1 aliphatic carbocycles. The minimum Gasteiger partial charge on any atom is -0.492 e. The first kappa shape index (κ1) is 46.2. The van der Waals surface area contributed by atoms with E-state index in [1.165, 1.54) is 42.3 Å². The third-order valence-corrected chi connectivity index (χ3v) is 14.7. The zero-order valence-electron chi connectivity index (χ0n) is 39.0. The normalized spacial score (nSPS) is 14.8. The Balaban J connectivity index is 0.000000172. The van der Waals surface area contributed by atoms with E-state index in [9.17, 15) is 13.2 Å². The van der Waals surface area contributed by atoms with Crippen molar-refractivity contribution in [1.29, 1.82) is 0 Å². The first-order chi connectivity index (χ1) is 32.7. The molecule has 350 valence electrons. The van der Waals surface area contributed by atoms with Crippen molar-refractivity contribution in [2.24, 2.45) is 11.1 Å². The molecule has 0 atom stereocenters. The second-order valence-corrected chi connectivity index (χ2v) is 21.0. The van der Waals surface area contributed by atoms with Crippen LogP contribution in [0.1, 0.15) is 64.0 Å². The standard InChI is InChI=1S/C28H37N5O3S.C25H21N5O/c1-21-19-29-27(31-22-10-12-24(13-11-22)36-17-16-33-14-5-6-15-33)32-26(21)30-23-8-7-9-25(18-23)37(34,35)20-28(2,3)4;26-25(12-4-13-25)18-9-7-17(8-10-18)22-19(16-5-2-1-3-6-16)15-20-21(27-22)11-14-30-23(20)28-29-24(30)31/h7-13,18-19H,5-6,14-17,20H2,1-4H3,(H2,29,30,31,32);1-3,5-11,14-15H,4,12-13,26H2,(H,29,31). The Morgan fingerprint density at radius 2 is 1.57 bits per heavy atom. The SMILES string of the molecule is Cc1cnc(Nc2ccc(OCCN3CCCC3)cc2)nc1Nc1cccc(S(=O)(=O)CC(C)(C)C)c1.NC1(c2ccc(-c3nc4ccn5c(=O)[nH]nc5c4cc3-c3ccccc3)cc2)CCC1. The number of anilines is 4. The number of fused-ring (bicyclic) bond motifs is 3. The van der Waals surface area contributed by atoms with Crippen LogP contribution in [0.2, 0.25) is 0 Å². The fourth-order valence-electron chi connectivity index (χ4n) is 8.72. The van der Waals surface area contributed by atoms with Crippen LogP contribution in [0.25, 0.3) is 38.9 Å². The Bertz CT molecular complexity index is 3210. The van der Waals surface area contributed by atoms with E-state index in [4.69, 9.17) is 15.5 Å².